The predicted molar refractivity (Wildman–Crippen MR) is 55.2 cm³/mol. The molecule has 0 N–H and O–H groups in total. The minimum absolute atomic E-state index is 0.440. The van der Waals surface area contributed by atoms with Crippen molar-refractivity contribution in [3.8, 4) is 11.3 Å². The molecule has 5 heteroatoms. The average molecular weight is 276 g/mol. The highest BCUT2D eigenvalue weighted by Crippen LogP contribution is 2.30. The zero-order chi connectivity index (χ0) is 10.1. The van der Waals surface area contributed by atoms with Crippen LogP contribution in [-0.2, 0) is 0 Å². The first-order valence-electron chi connectivity index (χ1n) is 3.72. The van der Waals surface area contributed by atoms with Crippen LogP contribution in [0.3, 0.4) is 0 Å². The second-order valence-corrected chi connectivity index (χ2v) is 4.81. The molecule has 0 unspecified atom stereocenters. The van der Waals surface area contributed by atoms with Crippen molar-refractivity contribution in [3.05, 3.63) is 39.1 Å². The van der Waals surface area contributed by atoms with Gasteiger partial charge in [-0.2, -0.15) is 0 Å². The first kappa shape index (κ1) is 9.73. The van der Waals surface area contributed by atoms with Gasteiger partial charge >= 0.3 is 0 Å². The maximum Gasteiger partial charge on any atom is 0.126 e. The molecule has 0 saturated carbocycles. The number of hydrogen-bond acceptors (Lipinski definition) is 2. The van der Waals surface area contributed by atoms with E-state index in [9.17, 15) is 8.78 Å². The third-order valence-electron chi connectivity index (χ3n) is 1.66. The van der Waals surface area contributed by atoms with Crippen LogP contribution in [0.4, 0.5) is 8.78 Å². The van der Waals surface area contributed by atoms with E-state index < -0.39 is 11.6 Å². The fraction of sp³-hybridized carbons (Fsp3) is 0. The Morgan fingerprint density at radius 3 is 2.29 bits per heavy atom. The molecule has 0 atom stereocenters. The molecule has 0 aliphatic carbocycles. The van der Waals surface area contributed by atoms with Crippen molar-refractivity contribution in [2.75, 3.05) is 0 Å². The molecular formula is C9H4BrF2NS. The van der Waals surface area contributed by atoms with E-state index in [4.69, 9.17) is 0 Å². The zero-order valence-electron chi connectivity index (χ0n) is 6.80. The van der Waals surface area contributed by atoms with Gasteiger partial charge in [0.05, 0.1) is 15.0 Å². The van der Waals surface area contributed by atoms with Gasteiger partial charge in [-0.1, -0.05) is 0 Å². The highest BCUT2D eigenvalue weighted by atomic mass is 79.9. The Morgan fingerprint density at radius 1 is 1.14 bits per heavy atom. The van der Waals surface area contributed by atoms with Crippen molar-refractivity contribution in [2.45, 2.75) is 0 Å². The molecule has 2 rings (SSSR count). The second kappa shape index (κ2) is 3.74. The maximum atomic E-state index is 12.9. The van der Waals surface area contributed by atoms with Crippen LogP contribution in [0.5, 0.6) is 0 Å². The summed E-state index contributed by atoms with van der Waals surface area (Å²) in [5.74, 6) is -1.19. The minimum atomic E-state index is -0.597. The number of aromatic nitrogens is 1. The molecule has 0 spiro atoms. The fourth-order valence-electron chi connectivity index (χ4n) is 1.11. The largest absolute Gasteiger partial charge is 0.243 e. The van der Waals surface area contributed by atoms with Gasteiger partial charge in [0.2, 0.25) is 0 Å². The molecule has 0 amide bonds. The Labute approximate surface area is 91.5 Å². The van der Waals surface area contributed by atoms with Crippen molar-refractivity contribution < 1.29 is 8.78 Å². The number of rotatable bonds is 1. The van der Waals surface area contributed by atoms with Crippen LogP contribution in [0.1, 0.15) is 0 Å². The molecule has 1 heterocycles. The molecule has 2 aromatic rings. The molecule has 0 saturated heterocycles. The van der Waals surface area contributed by atoms with Gasteiger partial charge in [0.15, 0.2) is 0 Å². The Kier molecular flexibility index (Phi) is 2.60. The smallest absolute Gasteiger partial charge is 0.126 e. The van der Waals surface area contributed by atoms with E-state index in [1.54, 1.807) is 5.51 Å². The van der Waals surface area contributed by atoms with Crippen molar-refractivity contribution in [3.63, 3.8) is 0 Å². The van der Waals surface area contributed by atoms with Gasteiger partial charge in [-0.25, -0.2) is 13.8 Å². The van der Waals surface area contributed by atoms with Gasteiger partial charge in [-0.15, -0.1) is 11.3 Å². The van der Waals surface area contributed by atoms with Gasteiger partial charge < -0.3 is 0 Å². The number of thiazole rings is 1. The summed E-state index contributed by atoms with van der Waals surface area (Å²) >= 11 is 4.63. The normalized spacial score (nSPS) is 10.5. The Morgan fingerprint density at radius 2 is 1.79 bits per heavy atom. The summed E-state index contributed by atoms with van der Waals surface area (Å²) in [5.41, 5.74) is 2.62. The van der Waals surface area contributed by atoms with E-state index in [0.29, 0.717) is 11.3 Å². The fourth-order valence-corrected chi connectivity index (χ4v) is 2.23. The zero-order valence-corrected chi connectivity index (χ0v) is 9.20. The van der Waals surface area contributed by atoms with Crippen molar-refractivity contribution in [1.29, 1.82) is 0 Å². The molecule has 14 heavy (non-hydrogen) atoms. The molecule has 1 aromatic heterocycles. The summed E-state index contributed by atoms with van der Waals surface area (Å²) in [4.78, 5) is 4.01. The molecule has 0 aliphatic rings. The van der Waals surface area contributed by atoms with Crippen LogP contribution in [-0.4, -0.2) is 4.98 Å². The summed E-state index contributed by atoms with van der Waals surface area (Å²) < 4.78 is 26.5. The number of nitrogens with zero attached hydrogens (tertiary/aromatic N) is 1. The van der Waals surface area contributed by atoms with Gasteiger partial charge in [-0.3, -0.25) is 0 Å². The molecule has 0 fully saturated rings. The SMILES string of the molecule is Fc1cc(F)cc(-c2ncsc2Br)c1. The van der Waals surface area contributed by atoms with Crippen LogP contribution < -0.4 is 0 Å². The molecule has 1 aromatic carbocycles. The van der Waals surface area contributed by atoms with Crippen molar-refractivity contribution >= 4 is 27.3 Å². The molecule has 0 aliphatic heterocycles. The molecule has 0 radical (unpaired) electrons. The van der Waals surface area contributed by atoms with Crippen LogP contribution in [0.2, 0.25) is 0 Å². The minimum Gasteiger partial charge on any atom is -0.243 e. The first-order chi connectivity index (χ1) is 6.66. The standard InChI is InChI=1S/C9H4BrF2NS/c10-9-8(13-4-14-9)5-1-6(11)3-7(12)2-5/h1-4H. The predicted octanol–water partition coefficient (Wildman–Crippen LogP) is 3.85. The molecule has 1 nitrogen and oxygen atoms in total. The summed E-state index contributed by atoms with van der Waals surface area (Å²) in [6.07, 6.45) is 0. The lowest BCUT2D eigenvalue weighted by Crippen LogP contribution is -1.84. The van der Waals surface area contributed by atoms with Crippen LogP contribution in [0, 0.1) is 11.6 Å². The summed E-state index contributed by atoms with van der Waals surface area (Å²) in [6, 6.07) is 3.34. The third kappa shape index (κ3) is 1.83. The average Bonchev–Trinajstić information content (AvgIpc) is 2.49. The van der Waals surface area contributed by atoms with Crippen LogP contribution >= 0.6 is 27.3 Å². The van der Waals surface area contributed by atoms with Crippen molar-refractivity contribution in [1.82, 2.24) is 4.98 Å². The van der Waals surface area contributed by atoms with Gasteiger partial charge in [0.1, 0.15) is 11.6 Å². The third-order valence-corrected chi connectivity index (χ3v) is 3.21. The Hall–Kier alpha value is -0.810. The van der Waals surface area contributed by atoms with Gasteiger partial charge in [0, 0.05) is 11.6 Å². The van der Waals surface area contributed by atoms with E-state index in [1.807, 2.05) is 0 Å². The molecule has 0 bridgehead atoms. The lowest BCUT2D eigenvalue weighted by molar-refractivity contribution is 0.584. The first-order valence-corrected chi connectivity index (χ1v) is 5.39. The van der Waals surface area contributed by atoms with Crippen molar-refractivity contribution in [2.24, 2.45) is 0 Å². The monoisotopic (exact) mass is 275 g/mol. The molecular weight excluding hydrogens is 272 g/mol. The Balaban J connectivity index is 2.57. The van der Waals surface area contributed by atoms with E-state index in [-0.39, 0.29) is 0 Å². The van der Waals surface area contributed by atoms with Crippen LogP contribution in [0.25, 0.3) is 11.3 Å². The maximum absolute atomic E-state index is 12.9. The summed E-state index contributed by atoms with van der Waals surface area (Å²) in [7, 11) is 0. The van der Waals surface area contributed by atoms with E-state index >= 15 is 0 Å². The molecule has 72 valence electrons. The topological polar surface area (TPSA) is 12.9 Å². The van der Waals surface area contributed by atoms with Crippen LogP contribution in [0.15, 0.2) is 27.5 Å². The highest BCUT2D eigenvalue weighted by molar-refractivity contribution is 9.11. The number of halogens is 3. The lowest BCUT2D eigenvalue weighted by Gasteiger charge is -1.98. The van der Waals surface area contributed by atoms with E-state index in [0.717, 1.165) is 9.85 Å². The van der Waals surface area contributed by atoms with E-state index in [2.05, 4.69) is 20.9 Å². The Bertz CT molecular complexity index is 449. The lowest BCUT2D eigenvalue weighted by atomic mass is 10.2. The van der Waals surface area contributed by atoms with Gasteiger partial charge in [-0.05, 0) is 28.1 Å². The highest BCUT2D eigenvalue weighted by Gasteiger charge is 2.08. The van der Waals surface area contributed by atoms with E-state index in [1.165, 1.54) is 23.5 Å². The quantitative estimate of drug-likeness (QED) is 0.771. The van der Waals surface area contributed by atoms with Gasteiger partial charge in [0.25, 0.3) is 0 Å². The summed E-state index contributed by atoms with van der Waals surface area (Å²) in [6.45, 7) is 0. The second-order valence-electron chi connectivity index (χ2n) is 2.63. The number of hydrogen-bond donors (Lipinski definition) is 0. The summed E-state index contributed by atoms with van der Waals surface area (Å²) in [5, 5.41) is 0. The number of benzene rings is 1.